The Balaban J connectivity index is 1.30. The van der Waals surface area contributed by atoms with Gasteiger partial charge in [0.1, 0.15) is 5.69 Å². The number of nitrogens with zero attached hydrogens (tertiary/aromatic N) is 4. The monoisotopic (exact) mass is 509 g/mol. The predicted molar refractivity (Wildman–Crippen MR) is 129 cm³/mol. The van der Waals surface area contributed by atoms with Crippen molar-refractivity contribution in [2.24, 2.45) is 0 Å². The van der Waals surface area contributed by atoms with Gasteiger partial charge in [-0.2, -0.15) is 13.2 Å². The number of carbonyl (C=O) groups excluding carboxylic acids is 2. The molecule has 11 heteroatoms. The number of amides is 3. The Bertz CT molecular complexity index is 1030. The Kier molecular flexibility index (Phi) is 7.83. The van der Waals surface area contributed by atoms with Crippen molar-refractivity contribution in [3.8, 4) is 0 Å². The standard InChI is InChI=1S/C24H30F3N5O2S/c1-2-8-28-23(34)32-9-6-17(7-10-32)21-29-20(16-35-21)22(33)31-13-11-30(12-14-31)19-5-3-4-18(15-19)24(25,26)27/h3-5,15-17H,2,6-14H2,1H3,(H,28,34). The molecule has 4 rings (SSSR count). The summed E-state index contributed by atoms with van der Waals surface area (Å²) in [7, 11) is 0. The molecule has 1 aromatic carbocycles. The Morgan fingerprint density at radius 2 is 1.80 bits per heavy atom. The lowest BCUT2D eigenvalue weighted by Crippen LogP contribution is -2.49. The summed E-state index contributed by atoms with van der Waals surface area (Å²) in [6.45, 7) is 5.79. The number of urea groups is 1. The molecule has 1 N–H and O–H groups in total. The lowest BCUT2D eigenvalue weighted by Gasteiger charge is -2.36. The minimum Gasteiger partial charge on any atom is -0.368 e. The Morgan fingerprint density at radius 1 is 1.09 bits per heavy atom. The second kappa shape index (κ2) is 10.8. The largest absolute Gasteiger partial charge is 0.416 e. The van der Waals surface area contributed by atoms with E-state index in [1.54, 1.807) is 16.3 Å². The summed E-state index contributed by atoms with van der Waals surface area (Å²) in [6.07, 6.45) is -1.85. The number of piperazine rings is 1. The summed E-state index contributed by atoms with van der Waals surface area (Å²) in [5.74, 6) is 0.0853. The van der Waals surface area contributed by atoms with Crippen molar-refractivity contribution in [1.82, 2.24) is 20.1 Å². The molecule has 2 saturated heterocycles. The minimum atomic E-state index is -4.38. The summed E-state index contributed by atoms with van der Waals surface area (Å²) in [5, 5.41) is 5.61. The zero-order chi connectivity index (χ0) is 25.0. The number of benzene rings is 1. The molecule has 2 fully saturated rings. The molecule has 1 aromatic heterocycles. The summed E-state index contributed by atoms with van der Waals surface area (Å²) >= 11 is 1.48. The lowest BCUT2D eigenvalue weighted by molar-refractivity contribution is -0.137. The van der Waals surface area contributed by atoms with Crippen LogP contribution in [0.15, 0.2) is 29.6 Å². The number of likely N-dealkylation sites (tertiary alicyclic amines) is 1. The average Bonchev–Trinajstić information content (AvgIpc) is 3.37. The topological polar surface area (TPSA) is 68.8 Å². The van der Waals surface area contributed by atoms with Crippen LogP contribution in [-0.4, -0.2) is 72.5 Å². The van der Waals surface area contributed by atoms with Crippen LogP contribution in [0.2, 0.25) is 0 Å². The highest BCUT2D eigenvalue weighted by Gasteiger charge is 2.32. The zero-order valence-corrected chi connectivity index (χ0v) is 20.5. The first-order valence-electron chi connectivity index (χ1n) is 12.0. The van der Waals surface area contributed by atoms with Gasteiger partial charge in [-0.15, -0.1) is 11.3 Å². The Morgan fingerprint density at radius 3 is 2.46 bits per heavy atom. The molecule has 2 aliphatic rings. The fraction of sp³-hybridized carbons (Fsp3) is 0.542. The van der Waals surface area contributed by atoms with Gasteiger partial charge >= 0.3 is 12.2 Å². The van der Waals surface area contributed by atoms with Crippen molar-refractivity contribution in [3.63, 3.8) is 0 Å². The van der Waals surface area contributed by atoms with Gasteiger partial charge in [-0.05, 0) is 37.5 Å². The maximum Gasteiger partial charge on any atom is 0.416 e. The zero-order valence-electron chi connectivity index (χ0n) is 19.7. The molecule has 3 heterocycles. The number of carbonyl (C=O) groups is 2. The van der Waals surface area contributed by atoms with E-state index in [1.165, 1.54) is 17.4 Å². The number of piperidine rings is 1. The number of rotatable bonds is 5. The molecular formula is C24H30F3N5O2S. The molecule has 0 saturated carbocycles. The average molecular weight is 510 g/mol. The molecule has 0 radical (unpaired) electrons. The van der Waals surface area contributed by atoms with Crippen molar-refractivity contribution in [3.05, 3.63) is 45.9 Å². The number of aromatic nitrogens is 1. The van der Waals surface area contributed by atoms with Crippen LogP contribution in [0.1, 0.15) is 53.2 Å². The molecule has 7 nitrogen and oxygen atoms in total. The molecule has 0 aliphatic carbocycles. The van der Waals surface area contributed by atoms with Gasteiger partial charge in [0.25, 0.3) is 5.91 Å². The molecule has 3 amide bonds. The van der Waals surface area contributed by atoms with Crippen LogP contribution in [0.5, 0.6) is 0 Å². The second-order valence-electron chi connectivity index (χ2n) is 8.89. The number of thiazole rings is 1. The smallest absolute Gasteiger partial charge is 0.368 e. The maximum absolute atomic E-state index is 13.0. The third-order valence-corrected chi connectivity index (χ3v) is 7.51. The first kappa shape index (κ1) is 25.3. The van der Waals surface area contributed by atoms with E-state index in [1.807, 2.05) is 16.7 Å². The van der Waals surface area contributed by atoms with Crippen molar-refractivity contribution < 1.29 is 22.8 Å². The van der Waals surface area contributed by atoms with Crippen molar-refractivity contribution in [2.75, 3.05) is 50.7 Å². The van der Waals surface area contributed by atoms with Gasteiger partial charge in [0.05, 0.1) is 10.6 Å². The molecule has 0 atom stereocenters. The first-order chi connectivity index (χ1) is 16.8. The predicted octanol–water partition coefficient (Wildman–Crippen LogP) is 4.42. The fourth-order valence-corrected chi connectivity index (χ4v) is 5.42. The van der Waals surface area contributed by atoms with Crippen LogP contribution in [-0.2, 0) is 6.18 Å². The van der Waals surface area contributed by atoms with Gasteiger partial charge in [-0.25, -0.2) is 9.78 Å². The number of alkyl halides is 3. The molecule has 2 aliphatic heterocycles. The highest BCUT2D eigenvalue weighted by molar-refractivity contribution is 7.09. The van der Waals surface area contributed by atoms with E-state index in [9.17, 15) is 22.8 Å². The number of anilines is 1. The van der Waals surface area contributed by atoms with E-state index < -0.39 is 11.7 Å². The fourth-order valence-electron chi connectivity index (χ4n) is 4.46. The molecular weight excluding hydrogens is 479 g/mol. The van der Waals surface area contributed by atoms with Crippen LogP contribution < -0.4 is 10.2 Å². The third kappa shape index (κ3) is 6.06. The van der Waals surface area contributed by atoms with E-state index in [2.05, 4.69) is 10.3 Å². The van der Waals surface area contributed by atoms with Gasteiger partial charge in [-0.1, -0.05) is 13.0 Å². The number of halogens is 3. The van der Waals surface area contributed by atoms with E-state index in [-0.39, 0.29) is 17.9 Å². The summed E-state index contributed by atoms with van der Waals surface area (Å²) in [6, 6.07) is 5.27. The van der Waals surface area contributed by atoms with E-state index in [0.29, 0.717) is 57.2 Å². The van der Waals surface area contributed by atoms with Crippen LogP contribution in [0.3, 0.4) is 0 Å². The van der Waals surface area contributed by atoms with Crippen molar-refractivity contribution in [2.45, 2.75) is 38.3 Å². The highest BCUT2D eigenvalue weighted by atomic mass is 32.1. The van der Waals surface area contributed by atoms with E-state index in [0.717, 1.165) is 36.4 Å². The van der Waals surface area contributed by atoms with Crippen LogP contribution >= 0.6 is 11.3 Å². The molecule has 35 heavy (non-hydrogen) atoms. The minimum absolute atomic E-state index is 0.0235. The molecule has 190 valence electrons. The normalized spacial score (nSPS) is 17.5. The second-order valence-corrected chi connectivity index (χ2v) is 9.78. The van der Waals surface area contributed by atoms with Gasteiger partial charge in [0.15, 0.2) is 0 Å². The third-order valence-electron chi connectivity index (χ3n) is 6.50. The summed E-state index contributed by atoms with van der Waals surface area (Å²) < 4.78 is 39.1. The van der Waals surface area contributed by atoms with Crippen LogP contribution in [0, 0.1) is 0 Å². The first-order valence-corrected chi connectivity index (χ1v) is 12.8. The lowest BCUT2D eigenvalue weighted by atomic mass is 9.98. The van der Waals surface area contributed by atoms with Gasteiger partial charge in [0.2, 0.25) is 0 Å². The van der Waals surface area contributed by atoms with Crippen LogP contribution in [0.4, 0.5) is 23.7 Å². The van der Waals surface area contributed by atoms with Gasteiger partial charge < -0.3 is 20.0 Å². The van der Waals surface area contributed by atoms with Crippen molar-refractivity contribution in [1.29, 1.82) is 0 Å². The van der Waals surface area contributed by atoms with Gasteiger partial charge in [0, 0.05) is 62.8 Å². The molecule has 0 unspecified atom stereocenters. The Hall–Kier alpha value is -2.82. The van der Waals surface area contributed by atoms with E-state index in [4.69, 9.17) is 0 Å². The van der Waals surface area contributed by atoms with Crippen molar-refractivity contribution >= 4 is 29.0 Å². The number of hydrogen-bond donors (Lipinski definition) is 1. The number of nitrogens with one attached hydrogen (secondary N) is 1. The molecule has 0 bridgehead atoms. The maximum atomic E-state index is 13.0. The SMILES string of the molecule is CCCNC(=O)N1CCC(c2nc(C(=O)N3CCN(c4cccc(C(F)(F)F)c4)CC3)cs2)CC1. The summed E-state index contributed by atoms with van der Waals surface area (Å²) in [4.78, 5) is 35.2. The highest BCUT2D eigenvalue weighted by Crippen LogP contribution is 2.33. The van der Waals surface area contributed by atoms with E-state index >= 15 is 0 Å². The molecule has 2 aromatic rings. The molecule has 0 spiro atoms. The Labute approximate surface area is 206 Å². The van der Waals surface area contributed by atoms with Crippen LogP contribution in [0.25, 0.3) is 0 Å². The summed E-state index contributed by atoms with van der Waals surface area (Å²) in [5.41, 5.74) is 0.258. The van der Waals surface area contributed by atoms with Gasteiger partial charge in [-0.3, -0.25) is 4.79 Å². The quantitative estimate of drug-likeness (QED) is 0.648. The number of hydrogen-bond acceptors (Lipinski definition) is 5.